The Bertz CT molecular complexity index is 609. The first-order valence-electron chi connectivity index (χ1n) is 6.98. The van der Waals surface area contributed by atoms with E-state index in [1.165, 1.54) is 0 Å². The largest absolute Gasteiger partial charge is 0.394 e. The number of likely N-dealkylation sites (tertiary alicyclic amines) is 1. The fraction of sp³-hybridized carbons (Fsp3) is 0.615. The number of carbonyl (C=O) groups is 2. The Labute approximate surface area is 123 Å². The highest BCUT2D eigenvalue weighted by Crippen LogP contribution is 2.40. The summed E-state index contributed by atoms with van der Waals surface area (Å²) in [5.74, 6) is -4.63. The van der Waals surface area contributed by atoms with Gasteiger partial charge in [0, 0.05) is 24.7 Å². The maximum Gasteiger partial charge on any atom is 0.394 e. The van der Waals surface area contributed by atoms with E-state index in [9.17, 15) is 22.8 Å². The van der Waals surface area contributed by atoms with Gasteiger partial charge in [-0.15, -0.1) is 0 Å². The van der Waals surface area contributed by atoms with Crippen LogP contribution in [0.15, 0.2) is 6.07 Å². The van der Waals surface area contributed by atoms with Crippen molar-refractivity contribution in [3.05, 3.63) is 17.5 Å². The van der Waals surface area contributed by atoms with Crippen molar-refractivity contribution in [3.8, 4) is 0 Å². The van der Waals surface area contributed by atoms with Gasteiger partial charge in [-0.2, -0.15) is 18.3 Å². The molecule has 2 heterocycles. The van der Waals surface area contributed by atoms with Gasteiger partial charge in [0.15, 0.2) is 0 Å². The number of rotatable bonds is 3. The minimum absolute atomic E-state index is 0.0768. The zero-order chi connectivity index (χ0) is 16.1. The number of amides is 2. The van der Waals surface area contributed by atoms with Gasteiger partial charge in [0.1, 0.15) is 5.69 Å². The number of H-pyrrole nitrogens is 1. The van der Waals surface area contributed by atoms with E-state index in [1.54, 1.807) is 6.07 Å². The quantitative estimate of drug-likeness (QED) is 0.872. The van der Waals surface area contributed by atoms with Crippen LogP contribution in [-0.4, -0.2) is 46.2 Å². The van der Waals surface area contributed by atoms with Crippen molar-refractivity contribution in [2.45, 2.75) is 24.9 Å². The van der Waals surface area contributed by atoms with Gasteiger partial charge in [0.05, 0.1) is 11.8 Å². The molecule has 120 valence electrons. The second kappa shape index (κ2) is 4.99. The third-order valence-electron chi connectivity index (χ3n) is 4.23. The zero-order valence-electron chi connectivity index (χ0n) is 11.6. The molecule has 1 saturated heterocycles. The normalized spacial score (nSPS) is 25.5. The molecule has 22 heavy (non-hydrogen) atoms. The molecule has 0 radical (unpaired) electrons. The number of nitrogens with two attached hydrogens (primary N) is 1. The predicted molar refractivity (Wildman–Crippen MR) is 68.7 cm³/mol. The van der Waals surface area contributed by atoms with Crippen LogP contribution in [-0.2, 0) is 4.79 Å². The molecular weight excluding hydrogens is 301 g/mol. The molecule has 0 unspecified atom stereocenters. The number of hydrogen-bond donors (Lipinski definition) is 2. The van der Waals surface area contributed by atoms with Crippen LogP contribution in [0.2, 0.25) is 0 Å². The van der Waals surface area contributed by atoms with Crippen molar-refractivity contribution in [1.29, 1.82) is 0 Å². The Hall–Kier alpha value is -2.06. The molecule has 0 spiro atoms. The highest BCUT2D eigenvalue weighted by Gasteiger charge is 2.53. The average molecular weight is 316 g/mol. The summed E-state index contributed by atoms with van der Waals surface area (Å²) in [6.07, 6.45) is -2.54. The molecule has 2 atom stereocenters. The minimum Gasteiger partial charge on any atom is -0.369 e. The van der Waals surface area contributed by atoms with Crippen LogP contribution < -0.4 is 5.73 Å². The monoisotopic (exact) mass is 316 g/mol. The van der Waals surface area contributed by atoms with E-state index in [-0.39, 0.29) is 12.2 Å². The van der Waals surface area contributed by atoms with E-state index in [0.29, 0.717) is 5.92 Å². The van der Waals surface area contributed by atoms with Gasteiger partial charge in [-0.05, 0) is 18.9 Å². The van der Waals surface area contributed by atoms with Crippen LogP contribution >= 0.6 is 0 Å². The summed E-state index contributed by atoms with van der Waals surface area (Å²) in [7, 11) is 0. The molecule has 3 rings (SSSR count). The SMILES string of the molecule is NC(=O)[C@@H]1CN(C(=O)c2cc(C3CC3)[nH]n2)C[C@H]1C(F)(F)F. The van der Waals surface area contributed by atoms with Gasteiger partial charge in [-0.3, -0.25) is 14.7 Å². The average Bonchev–Trinajstić information content (AvgIpc) is 3.00. The van der Waals surface area contributed by atoms with Crippen molar-refractivity contribution in [2.24, 2.45) is 17.6 Å². The predicted octanol–water partition coefficient (Wildman–Crippen LogP) is 1.02. The van der Waals surface area contributed by atoms with Gasteiger partial charge < -0.3 is 10.6 Å². The lowest BCUT2D eigenvalue weighted by molar-refractivity contribution is -0.182. The molecule has 1 aromatic heterocycles. The first kappa shape index (κ1) is 14.9. The highest BCUT2D eigenvalue weighted by atomic mass is 19.4. The molecule has 1 saturated carbocycles. The number of nitrogens with one attached hydrogen (secondary N) is 1. The summed E-state index contributed by atoms with van der Waals surface area (Å²) in [6, 6.07) is 1.57. The van der Waals surface area contributed by atoms with Crippen molar-refractivity contribution in [1.82, 2.24) is 15.1 Å². The number of carbonyl (C=O) groups excluding carboxylic acids is 2. The standard InChI is InChI=1S/C13H15F3N4O2/c14-13(15,16)8-5-20(4-7(8)11(17)21)12(22)10-3-9(18-19-10)6-1-2-6/h3,6-8H,1-2,4-5H2,(H2,17,21)(H,18,19)/t7-,8-/m1/s1. The summed E-state index contributed by atoms with van der Waals surface area (Å²) in [5.41, 5.74) is 5.94. The lowest BCUT2D eigenvalue weighted by atomic mass is 9.95. The molecule has 2 aliphatic rings. The molecule has 3 N–H and O–H groups in total. The molecule has 0 aromatic carbocycles. The smallest absolute Gasteiger partial charge is 0.369 e. The second-order valence-corrected chi connectivity index (χ2v) is 5.85. The van der Waals surface area contributed by atoms with Crippen molar-refractivity contribution >= 4 is 11.8 Å². The van der Waals surface area contributed by atoms with Crippen LogP contribution in [0.4, 0.5) is 13.2 Å². The van der Waals surface area contributed by atoms with Gasteiger partial charge in [0.25, 0.3) is 5.91 Å². The molecule has 2 amide bonds. The fourth-order valence-corrected chi connectivity index (χ4v) is 2.80. The first-order valence-corrected chi connectivity index (χ1v) is 6.98. The number of nitrogens with zero attached hydrogens (tertiary/aromatic N) is 2. The van der Waals surface area contributed by atoms with E-state index >= 15 is 0 Å². The molecule has 0 bridgehead atoms. The van der Waals surface area contributed by atoms with Gasteiger partial charge >= 0.3 is 6.18 Å². The molecule has 2 fully saturated rings. The summed E-state index contributed by atoms with van der Waals surface area (Å²) >= 11 is 0. The molecule has 1 aliphatic carbocycles. The Balaban J connectivity index is 1.76. The Morgan fingerprint density at radius 3 is 2.50 bits per heavy atom. The summed E-state index contributed by atoms with van der Waals surface area (Å²) in [6.45, 7) is -0.897. The van der Waals surface area contributed by atoms with Gasteiger partial charge in [0.2, 0.25) is 5.91 Å². The number of hydrogen-bond acceptors (Lipinski definition) is 3. The second-order valence-electron chi connectivity index (χ2n) is 5.85. The van der Waals surface area contributed by atoms with E-state index < -0.39 is 36.4 Å². The highest BCUT2D eigenvalue weighted by molar-refractivity contribution is 5.93. The maximum absolute atomic E-state index is 13.0. The van der Waals surface area contributed by atoms with E-state index in [4.69, 9.17) is 5.73 Å². The Morgan fingerprint density at radius 1 is 1.32 bits per heavy atom. The maximum atomic E-state index is 13.0. The van der Waals surface area contributed by atoms with Gasteiger partial charge in [-0.1, -0.05) is 0 Å². The van der Waals surface area contributed by atoms with Crippen LogP contribution in [0.1, 0.15) is 34.9 Å². The zero-order valence-corrected chi connectivity index (χ0v) is 11.6. The van der Waals surface area contributed by atoms with E-state index in [0.717, 1.165) is 23.4 Å². The summed E-state index contributed by atoms with van der Waals surface area (Å²) in [5, 5.41) is 6.60. The van der Waals surface area contributed by atoms with Crippen LogP contribution in [0.3, 0.4) is 0 Å². The summed E-state index contributed by atoms with van der Waals surface area (Å²) < 4.78 is 38.9. The number of aromatic nitrogens is 2. The summed E-state index contributed by atoms with van der Waals surface area (Å²) in [4.78, 5) is 24.5. The van der Waals surface area contributed by atoms with Crippen LogP contribution in [0.25, 0.3) is 0 Å². The number of alkyl halides is 3. The van der Waals surface area contributed by atoms with E-state index in [2.05, 4.69) is 10.2 Å². The van der Waals surface area contributed by atoms with Crippen molar-refractivity contribution in [3.63, 3.8) is 0 Å². The molecule has 1 aromatic rings. The Morgan fingerprint density at radius 2 is 2.00 bits per heavy atom. The lowest BCUT2D eigenvalue weighted by Crippen LogP contribution is -2.37. The molecular formula is C13H15F3N4O2. The molecule has 9 heteroatoms. The topological polar surface area (TPSA) is 92.1 Å². The minimum atomic E-state index is -4.57. The van der Waals surface area contributed by atoms with Crippen molar-refractivity contribution < 1.29 is 22.8 Å². The first-order chi connectivity index (χ1) is 10.3. The van der Waals surface area contributed by atoms with Crippen LogP contribution in [0, 0.1) is 11.8 Å². The fourth-order valence-electron chi connectivity index (χ4n) is 2.80. The number of primary amides is 1. The number of aromatic amines is 1. The van der Waals surface area contributed by atoms with E-state index in [1.807, 2.05) is 0 Å². The van der Waals surface area contributed by atoms with Crippen molar-refractivity contribution in [2.75, 3.05) is 13.1 Å². The Kier molecular flexibility index (Phi) is 3.37. The lowest BCUT2D eigenvalue weighted by Gasteiger charge is -2.18. The molecule has 6 nitrogen and oxygen atoms in total. The third-order valence-corrected chi connectivity index (χ3v) is 4.23. The third kappa shape index (κ3) is 2.67. The number of halogens is 3. The van der Waals surface area contributed by atoms with Crippen LogP contribution in [0.5, 0.6) is 0 Å². The van der Waals surface area contributed by atoms with Gasteiger partial charge in [-0.25, -0.2) is 0 Å². The molecule has 1 aliphatic heterocycles.